The van der Waals surface area contributed by atoms with Gasteiger partial charge in [0.05, 0.1) is 12.4 Å². The fourth-order valence-corrected chi connectivity index (χ4v) is 2.49. The Morgan fingerprint density at radius 2 is 2.05 bits per heavy atom. The Kier molecular flexibility index (Phi) is 4.27. The van der Waals surface area contributed by atoms with Crippen LogP contribution in [0.15, 0.2) is 29.6 Å². The van der Waals surface area contributed by atoms with Gasteiger partial charge < -0.3 is 0 Å². The lowest BCUT2D eigenvalue weighted by Crippen LogP contribution is -2.27. The molecule has 2 heterocycles. The lowest BCUT2D eigenvalue weighted by molar-refractivity contribution is 0.579. The van der Waals surface area contributed by atoms with Gasteiger partial charge in [-0.05, 0) is 6.07 Å². The van der Waals surface area contributed by atoms with Crippen LogP contribution in [0.3, 0.4) is 0 Å². The van der Waals surface area contributed by atoms with Crippen LogP contribution in [-0.2, 0) is 23.5 Å². The molecule has 20 heavy (non-hydrogen) atoms. The summed E-state index contributed by atoms with van der Waals surface area (Å²) in [4.78, 5) is 7.50. The van der Waals surface area contributed by atoms with E-state index >= 15 is 0 Å². The fraction of sp³-hybridized carbons (Fsp3) is 0.300. The second kappa shape index (κ2) is 5.94. The van der Waals surface area contributed by atoms with Gasteiger partial charge in [0.1, 0.15) is 4.90 Å². The smallest absolute Gasteiger partial charge is 0.243 e. The molecule has 0 amide bonds. The molecule has 0 atom stereocenters. The molecule has 0 spiro atoms. The molecular weight excluding hydrogens is 282 g/mol. The fourth-order valence-electron chi connectivity index (χ4n) is 1.57. The average Bonchev–Trinajstić information content (AvgIpc) is 2.84. The zero-order valence-electron chi connectivity index (χ0n) is 10.8. The highest BCUT2D eigenvalue weighted by molar-refractivity contribution is 7.89. The van der Waals surface area contributed by atoms with E-state index in [4.69, 9.17) is 5.84 Å². The van der Waals surface area contributed by atoms with Crippen LogP contribution in [0.25, 0.3) is 0 Å². The third-order valence-electron chi connectivity index (χ3n) is 2.66. The van der Waals surface area contributed by atoms with Crippen LogP contribution >= 0.6 is 0 Å². The summed E-state index contributed by atoms with van der Waals surface area (Å²) in [7, 11) is -1.82. The van der Waals surface area contributed by atoms with Crippen LogP contribution in [0.1, 0.15) is 5.69 Å². The summed E-state index contributed by atoms with van der Waals surface area (Å²) in [6.07, 6.45) is 4.58. The molecule has 0 aliphatic heterocycles. The molecule has 0 saturated heterocycles. The summed E-state index contributed by atoms with van der Waals surface area (Å²) in [6.45, 7) is 0.263. The van der Waals surface area contributed by atoms with Gasteiger partial charge in [0, 0.05) is 31.9 Å². The first-order valence-electron chi connectivity index (χ1n) is 5.78. The van der Waals surface area contributed by atoms with Crippen LogP contribution in [0.5, 0.6) is 0 Å². The maximum atomic E-state index is 12.0. The molecule has 0 aliphatic carbocycles. The summed E-state index contributed by atoms with van der Waals surface area (Å²) in [5, 5.41) is 4.01. The van der Waals surface area contributed by atoms with E-state index in [0.29, 0.717) is 6.42 Å². The molecule has 2 aromatic rings. The van der Waals surface area contributed by atoms with Crippen molar-refractivity contribution in [1.82, 2.24) is 24.5 Å². The summed E-state index contributed by atoms with van der Waals surface area (Å²) < 4.78 is 28.1. The van der Waals surface area contributed by atoms with Crippen molar-refractivity contribution in [2.45, 2.75) is 11.3 Å². The van der Waals surface area contributed by atoms with Crippen LogP contribution in [0, 0.1) is 0 Å². The Bertz CT molecular complexity index is 665. The molecule has 2 aromatic heterocycles. The topological polar surface area (TPSA) is 128 Å². The van der Waals surface area contributed by atoms with E-state index in [0.717, 1.165) is 5.69 Å². The maximum absolute atomic E-state index is 12.0. The third kappa shape index (κ3) is 3.29. The second-order valence-electron chi connectivity index (χ2n) is 3.98. The van der Waals surface area contributed by atoms with Crippen LogP contribution in [0.2, 0.25) is 0 Å². The Morgan fingerprint density at radius 3 is 2.60 bits per heavy atom. The first-order valence-corrected chi connectivity index (χ1v) is 7.26. The van der Waals surface area contributed by atoms with E-state index in [-0.39, 0.29) is 17.4 Å². The number of nitrogens with one attached hydrogen (secondary N) is 2. The van der Waals surface area contributed by atoms with E-state index < -0.39 is 10.0 Å². The number of anilines is 1. The largest absolute Gasteiger partial charge is 0.292 e. The number of nitrogen functional groups attached to an aromatic ring is 1. The average molecular weight is 297 g/mol. The molecule has 0 aliphatic rings. The highest BCUT2D eigenvalue weighted by Gasteiger charge is 2.14. The van der Waals surface area contributed by atoms with Crippen molar-refractivity contribution >= 4 is 16.0 Å². The highest BCUT2D eigenvalue weighted by Crippen LogP contribution is 2.07. The van der Waals surface area contributed by atoms with E-state index in [1.807, 2.05) is 6.07 Å². The number of nitrogens with two attached hydrogens (primary N) is 1. The normalized spacial score (nSPS) is 11.5. The second-order valence-corrected chi connectivity index (χ2v) is 5.75. The van der Waals surface area contributed by atoms with Gasteiger partial charge in [0.25, 0.3) is 0 Å². The van der Waals surface area contributed by atoms with Gasteiger partial charge in [0.2, 0.25) is 16.0 Å². The molecule has 0 radical (unpaired) electrons. The zero-order chi connectivity index (χ0) is 14.6. The summed E-state index contributed by atoms with van der Waals surface area (Å²) in [6, 6.07) is 1.83. The maximum Gasteiger partial charge on any atom is 0.243 e. The van der Waals surface area contributed by atoms with Gasteiger partial charge in [-0.25, -0.2) is 29.0 Å². The van der Waals surface area contributed by atoms with Gasteiger partial charge in [-0.2, -0.15) is 5.10 Å². The highest BCUT2D eigenvalue weighted by atomic mass is 32.2. The van der Waals surface area contributed by atoms with E-state index in [2.05, 4.69) is 25.2 Å². The van der Waals surface area contributed by atoms with E-state index in [1.165, 1.54) is 12.4 Å². The molecule has 0 fully saturated rings. The van der Waals surface area contributed by atoms with Crippen molar-refractivity contribution in [2.24, 2.45) is 12.9 Å². The predicted octanol–water partition coefficient (Wildman–Crippen LogP) is -0.983. The predicted molar refractivity (Wildman–Crippen MR) is 71.9 cm³/mol. The van der Waals surface area contributed by atoms with Crippen molar-refractivity contribution in [3.05, 3.63) is 30.4 Å². The minimum Gasteiger partial charge on any atom is -0.292 e. The lowest BCUT2D eigenvalue weighted by Gasteiger charge is -2.07. The molecule has 0 unspecified atom stereocenters. The number of hydrogen-bond acceptors (Lipinski definition) is 7. The molecule has 0 aromatic carbocycles. The zero-order valence-corrected chi connectivity index (χ0v) is 11.6. The molecule has 0 bridgehead atoms. The SMILES string of the molecule is Cn1nccc1CCNS(=O)(=O)c1cnc(NN)nc1. The molecule has 9 nitrogen and oxygen atoms in total. The number of hydrogen-bond donors (Lipinski definition) is 3. The van der Waals surface area contributed by atoms with Crippen LogP contribution in [0.4, 0.5) is 5.95 Å². The van der Waals surface area contributed by atoms with Gasteiger partial charge in [-0.1, -0.05) is 0 Å². The number of aryl methyl sites for hydroxylation is 1. The van der Waals surface area contributed by atoms with Gasteiger partial charge in [-0.3, -0.25) is 10.1 Å². The minimum atomic E-state index is -3.62. The van der Waals surface area contributed by atoms with Crippen molar-refractivity contribution in [2.75, 3.05) is 12.0 Å². The molecule has 108 valence electrons. The van der Waals surface area contributed by atoms with Crippen molar-refractivity contribution in [3.63, 3.8) is 0 Å². The first-order chi connectivity index (χ1) is 9.53. The van der Waals surface area contributed by atoms with Gasteiger partial charge in [0.15, 0.2) is 0 Å². The van der Waals surface area contributed by atoms with Crippen molar-refractivity contribution in [1.29, 1.82) is 0 Å². The monoisotopic (exact) mass is 297 g/mol. The number of aromatic nitrogens is 4. The Balaban J connectivity index is 1.98. The van der Waals surface area contributed by atoms with Crippen LogP contribution in [-0.4, -0.2) is 34.7 Å². The molecule has 0 saturated carbocycles. The van der Waals surface area contributed by atoms with Gasteiger partial charge >= 0.3 is 0 Å². The van der Waals surface area contributed by atoms with Crippen molar-refractivity contribution in [3.8, 4) is 0 Å². The Labute approximate surface area is 116 Å². The van der Waals surface area contributed by atoms with Crippen LogP contribution < -0.4 is 16.0 Å². The number of rotatable bonds is 6. The minimum absolute atomic E-state index is 0.0125. The standard InChI is InChI=1S/C10H15N7O2S/c1-17-8(2-4-14-17)3-5-15-20(18,19)9-6-12-10(16-11)13-7-9/h2,4,6-7,15H,3,5,11H2,1H3,(H,12,13,16). The molecule has 2 rings (SSSR count). The van der Waals surface area contributed by atoms with Gasteiger partial charge in [-0.15, -0.1) is 0 Å². The molecule has 4 N–H and O–H groups in total. The number of nitrogens with zero attached hydrogens (tertiary/aromatic N) is 4. The van der Waals surface area contributed by atoms with E-state index in [9.17, 15) is 8.42 Å². The molecule has 10 heteroatoms. The number of hydrazine groups is 1. The molecular formula is C10H15N7O2S. The first kappa shape index (κ1) is 14.4. The summed E-state index contributed by atoms with van der Waals surface area (Å²) in [5.41, 5.74) is 3.16. The number of sulfonamides is 1. The quantitative estimate of drug-likeness (QED) is 0.461. The Hall–Kier alpha value is -2.04. The summed E-state index contributed by atoms with van der Waals surface area (Å²) >= 11 is 0. The van der Waals surface area contributed by atoms with Crippen molar-refractivity contribution < 1.29 is 8.42 Å². The van der Waals surface area contributed by atoms with E-state index in [1.54, 1.807) is 17.9 Å². The lowest BCUT2D eigenvalue weighted by atomic mass is 10.3. The summed E-state index contributed by atoms with van der Waals surface area (Å²) in [5.74, 6) is 5.26. The third-order valence-corrected chi connectivity index (χ3v) is 4.08. The Morgan fingerprint density at radius 1 is 1.35 bits per heavy atom.